The lowest BCUT2D eigenvalue weighted by atomic mass is 10.0. The Hall–Kier alpha value is -0.400. The number of benzene rings is 1. The first kappa shape index (κ1) is 17.7. The van der Waals surface area contributed by atoms with Gasteiger partial charge in [-0.15, -0.1) is 12.4 Å². The number of sulfonamides is 1. The van der Waals surface area contributed by atoms with E-state index in [2.05, 4.69) is 0 Å². The monoisotopic (exact) mass is 342 g/mol. The second-order valence-electron chi connectivity index (χ2n) is 4.66. The standard InChI is InChI=1S/C12H16ClFN2O2S.ClH/c13-10-4-1-5-11(12(10)14)19(17,18)16-6-2-3-9(7-15)8-16;/h1,4-5,9H,2-3,6-8,15H2;1H. The predicted octanol–water partition coefficient (Wildman–Crippen LogP) is 2.26. The molecule has 2 rings (SSSR count). The summed E-state index contributed by atoms with van der Waals surface area (Å²) in [6.45, 7) is 1.17. The van der Waals surface area contributed by atoms with Gasteiger partial charge in [0.25, 0.3) is 0 Å². The molecule has 1 aromatic rings. The number of hydrogen-bond donors (Lipinski definition) is 1. The summed E-state index contributed by atoms with van der Waals surface area (Å²) in [5.74, 6) is -0.759. The highest BCUT2D eigenvalue weighted by Gasteiger charge is 2.32. The maximum Gasteiger partial charge on any atom is 0.246 e. The number of nitrogens with two attached hydrogens (primary N) is 1. The van der Waals surface area contributed by atoms with Crippen LogP contribution in [-0.2, 0) is 10.0 Å². The number of piperidine rings is 1. The minimum absolute atomic E-state index is 0. The first-order valence-electron chi connectivity index (χ1n) is 6.11. The van der Waals surface area contributed by atoms with Crippen molar-refractivity contribution in [3.63, 3.8) is 0 Å². The molecule has 1 atom stereocenters. The summed E-state index contributed by atoms with van der Waals surface area (Å²) >= 11 is 5.64. The quantitative estimate of drug-likeness (QED) is 0.916. The Balaban J connectivity index is 0.00000200. The maximum absolute atomic E-state index is 13.9. The smallest absolute Gasteiger partial charge is 0.246 e. The molecule has 1 fully saturated rings. The molecule has 1 aliphatic rings. The summed E-state index contributed by atoms with van der Waals surface area (Å²) in [6.07, 6.45) is 1.64. The van der Waals surface area contributed by atoms with E-state index < -0.39 is 15.8 Å². The molecule has 0 amide bonds. The van der Waals surface area contributed by atoms with Crippen LogP contribution in [0.5, 0.6) is 0 Å². The second-order valence-corrected chi connectivity index (χ2v) is 6.97. The van der Waals surface area contributed by atoms with Gasteiger partial charge in [0.15, 0.2) is 5.82 Å². The van der Waals surface area contributed by atoms with Crippen molar-refractivity contribution in [1.29, 1.82) is 0 Å². The van der Waals surface area contributed by atoms with E-state index in [0.717, 1.165) is 12.8 Å². The van der Waals surface area contributed by atoms with Crippen molar-refractivity contribution in [2.45, 2.75) is 17.7 Å². The zero-order valence-corrected chi connectivity index (χ0v) is 13.1. The third kappa shape index (κ3) is 3.43. The minimum Gasteiger partial charge on any atom is -0.330 e. The summed E-state index contributed by atoms with van der Waals surface area (Å²) < 4.78 is 40.0. The molecule has 0 radical (unpaired) electrons. The highest BCUT2D eigenvalue weighted by atomic mass is 35.5. The molecule has 4 nitrogen and oxygen atoms in total. The predicted molar refractivity (Wildman–Crippen MR) is 79.2 cm³/mol. The molecule has 1 heterocycles. The molecule has 0 saturated carbocycles. The van der Waals surface area contributed by atoms with Gasteiger partial charge in [0.2, 0.25) is 10.0 Å². The molecule has 1 saturated heterocycles. The molecule has 0 spiro atoms. The van der Waals surface area contributed by atoms with Gasteiger partial charge in [-0.25, -0.2) is 12.8 Å². The van der Waals surface area contributed by atoms with Gasteiger partial charge in [0.1, 0.15) is 4.90 Å². The van der Waals surface area contributed by atoms with E-state index in [9.17, 15) is 12.8 Å². The van der Waals surface area contributed by atoms with Crippen molar-refractivity contribution in [2.24, 2.45) is 11.7 Å². The van der Waals surface area contributed by atoms with Crippen LogP contribution in [-0.4, -0.2) is 32.4 Å². The van der Waals surface area contributed by atoms with Crippen molar-refractivity contribution in [2.75, 3.05) is 19.6 Å². The molecule has 20 heavy (non-hydrogen) atoms. The minimum atomic E-state index is -3.84. The van der Waals surface area contributed by atoms with Gasteiger partial charge >= 0.3 is 0 Å². The molecular weight excluding hydrogens is 326 g/mol. The van der Waals surface area contributed by atoms with Crippen molar-refractivity contribution < 1.29 is 12.8 Å². The number of rotatable bonds is 3. The van der Waals surface area contributed by atoms with Gasteiger partial charge in [-0.3, -0.25) is 0 Å². The molecule has 1 unspecified atom stereocenters. The Morgan fingerprint density at radius 1 is 1.45 bits per heavy atom. The third-order valence-electron chi connectivity index (χ3n) is 3.35. The number of halogens is 3. The van der Waals surface area contributed by atoms with Gasteiger partial charge < -0.3 is 5.73 Å². The number of hydrogen-bond acceptors (Lipinski definition) is 3. The SMILES string of the molecule is Cl.NCC1CCCN(S(=O)(=O)c2cccc(Cl)c2F)C1. The molecule has 0 bridgehead atoms. The van der Waals surface area contributed by atoms with E-state index in [1.54, 1.807) is 0 Å². The fourth-order valence-corrected chi connectivity index (χ4v) is 4.13. The van der Waals surface area contributed by atoms with Crippen LogP contribution >= 0.6 is 24.0 Å². The molecule has 0 aromatic heterocycles. The molecular formula is C12H17Cl2FN2O2S. The second kappa shape index (κ2) is 7.04. The van der Waals surface area contributed by atoms with E-state index in [4.69, 9.17) is 17.3 Å². The molecule has 114 valence electrons. The lowest BCUT2D eigenvalue weighted by Crippen LogP contribution is -2.42. The molecule has 1 aromatic carbocycles. The van der Waals surface area contributed by atoms with Gasteiger partial charge in [-0.05, 0) is 37.4 Å². The summed E-state index contributed by atoms with van der Waals surface area (Å²) in [5.41, 5.74) is 5.58. The summed E-state index contributed by atoms with van der Waals surface area (Å²) in [7, 11) is -3.84. The molecule has 2 N–H and O–H groups in total. The summed E-state index contributed by atoms with van der Waals surface area (Å²) in [6, 6.07) is 4.00. The molecule has 1 aliphatic heterocycles. The Kier molecular flexibility index (Phi) is 6.22. The van der Waals surface area contributed by atoms with Crippen LogP contribution in [0.4, 0.5) is 4.39 Å². The van der Waals surface area contributed by atoms with Gasteiger partial charge in [0, 0.05) is 13.1 Å². The summed E-state index contributed by atoms with van der Waals surface area (Å²) in [5, 5.41) is -0.187. The molecule has 8 heteroatoms. The van der Waals surface area contributed by atoms with Crippen LogP contribution in [0.3, 0.4) is 0 Å². The Bertz CT molecular complexity index is 569. The first-order valence-corrected chi connectivity index (χ1v) is 7.93. The van der Waals surface area contributed by atoms with Crippen LogP contribution in [0.2, 0.25) is 5.02 Å². The largest absolute Gasteiger partial charge is 0.330 e. The summed E-state index contributed by atoms with van der Waals surface area (Å²) in [4.78, 5) is -0.363. The number of nitrogens with zero attached hydrogens (tertiary/aromatic N) is 1. The normalized spacial score (nSPS) is 20.4. The first-order chi connectivity index (χ1) is 8.96. The van der Waals surface area contributed by atoms with E-state index in [1.807, 2.05) is 0 Å². The van der Waals surface area contributed by atoms with Gasteiger partial charge in [-0.2, -0.15) is 4.31 Å². The van der Waals surface area contributed by atoms with Crippen molar-refractivity contribution in [1.82, 2.24) is 4.31 Å². The highest BCUT2D eigenvalue weighted by molar-refractivity contribution is 7.89. The average Bonchev–Trinajstić information content (AvgIpc) is 2.41. The van der Waals surface area contributed by atoms with Gasteiger partial charge in [-0.1, -0.05) is 17.7 Å². The zero-order valence-electron chi connectivity index (χ0n) is 10.8. The van der Waals surface area contributed by atoms with E-state index >= 15 is 0 Å². The van der Waals surface area contributed by atoms with E-state index in [1.165, 1.54) is 22.5 Å². The van der Waals surface area contributed by atoms with Crippen LogP contribution in [0.15, 0.2) is 23.1 Å². The lowest BCUT2D eigenvalue weighted by molar-refractivity contribution is 0.271. The Labute approximate surface area is 129 Å². The maximum atomic E-state index is 13.9. The average molecular weight is 343 g/mol. The van der Waals surface area contributed by atoms with Crippen molar-refractivity contribution in [3.05, 3.63) is 29.0 Å². The van der Waals surface area contributed by atoms with Crippen LogP contribution in [0, 0.1) is 11.7 Å². The topological polar surface area (TPSA) is 63.4 Å². The zero-order chi connectivity index (χ0) is 14.0. The fraction of sp³-hybridized carbons (Fsp3) is 0.500. The Morgan fingerprint density at radius 3 is 2.80 bits per heavy atom. The Morgan fingerprint density at radius 2 is 2.15 bits per heavy atom. The highest BCUT2D eigenvalue weighted by Crippen LogP contribution is 2.27. The third-order valence-corrected chi connectivity index (χ3v) is 5.52. The molecule has 0 aliphatic carbocycles. The van der Waals surface area contributed by atoms with Crippen LogP contribution in [0.25, 0.3) is 0 Å². The van der Waals surface area contributed by atoms with Crippen LogP contribution in [0.1, 0.15) is 12.8 Å². The van der Waals surface area contributed by atoms with Crippen molar-refractivity contribution in [3.8, 4) is 0 Å². The van der Waals surface area contributed by atoms with Gasteiger partial charge in [0.05, 0.1) is 5.02 Å². The van der Waals surface area contributed by atoms with Crippen LogP contribution < -0.4 is 5.73 Å². The lowest BCUT2D eigenvalue weighted by Gasteiger charge is -2.31. The van der Waals surface area contributed by atoms with Crippen molar-refractivity contribution >= 4 is 34.0 Å². The van der Waals surface area contributed by atoms with E-state index in [-0.39, 0.29) is 28.2 Å². The van der Waals surface area contributed by atoms with E-state index in [0.29, 0.717) is 19.6 Å². The fourth-order valence-electron chi connectivity index (χ4n) is 2.26.